The van der Waals surface area contributed by atoms with Gasteiger partial charge in [-0.25, -0.2) is 0 Å². The second-order valence-electron chi connectivity index (χ2n) is 5.14. The van der Waals surface area contributed by atoms with Crippen molar-refractivity contribution in [2.24, 2.45) is 5.73 Å². The van der Waals surface area contributed by atoms with Crippen LogP contribution in [0.4, 0.5) is 0 Å². The first kappa shape index (κ1) is 15.4. The molecule has 16 heavy (non-hydrogen) atoms. The van der Waals surface area contributed by atoms with Crippen LogP contribution in [-0.4, -0.2) is 28.8 Å². The van der Waals surface area contributed by atoms with E-state index < -0.39 is 11.5 Å². The second-order valence-corrected chi connectivity index (χ2v) is 5.14. The van der Waals surface area contributed by atoms with Gasteiger partial charge in [-0.05, 0) is 46.5 Å². The summed E-state index contributed by atoms with van der Waals surface area (Å²) in [6.07, 6.45) is 3.08. The number of carbonyl (C=O) groups is 1. The third-order valence-corrected chi connectivity index (χ3v) is 2.92. The largest absolute Gasteiger partial charge is 0.480 e. The van der Waals surface area contributed by atoms with Crippen molar-refractivity contribution >= 4 is 5.97 Å². The van der Waals surface area contributed by atoms with Crippen molar-refractivity contribution < 1.29 is 14.6 Å². The highest BCUT2D eigenvalue weighted by Crippen LogP contribution is 2.16. The van der Waals surface area contributed by atoms with Gasteiger partial charge in [-0.15, -0.1) is 0 Å². The van der Waals surface area contributed by atoms with Crippen molar-refractivity contribution in [2.45, 2.75) is 64.5 Å². The van der Waals surface area contributed by atoms with Gasteiger partial charge in [-0.2, -0.15) is 0 Å². The third kappa shape index (κ3) is 6.08. The molecule has 0 amide bonds. The van der Waals surface area contributed by atoms with E-state index in [2.05, 4.69) is 20.8 Å². The van der Waals surface area contributed by atoms with E-state index in [4.69, 9.17) is 15.6 Å². The van der Waals surface area contributed by atoms with E-state index in [1.165, 1.54) is 0 Å². The Kier molecular flexibility index (Phi) is 5.97. The summed E-state index contributed by atoms with van der Waals surface area (Å²) in [5.41, 5.74) is 4.42. The van der Waals surface area contributed by atoms with Gasteiger partial charge < -0.3 is 15.6 Å². The summed E-state index contributed by atoms with van der Waals surface area (Å²) in [4.78, 5) is 10.7. The molecular formula is C12H25NO3. The lowest BCUT2D eigenvalue weighted by Crippen LogP contribution is -2.44. The van der Waals surface area contributed by atoms with Gasteiger partial charge in [0.15, 0.2) is 0 Å². The van der Waals surface area contributed by atoms with Crippen molar-refractivity contribution in [1.82, 2.24) is 0 Å². The van der Waals surface area contributed by atoms with Gasteiger partial charge >= 0.3 is 5.97 Å². The lowest BCUT2D eigenvalue weighted by atomic mass is 9.96. The lowest BCUT2D eigenvalue weighted by Gasteiger charge is -2.24. The molecule has 0 heterocycles. The fraction of sp³-hybridized carbons (Fsp3) is 0.917. The molecule has 4 heteroatoms. The minimum Gasteiger partial charge on any atom is -0.480 e. The highest BCUT2D eigenvalue weighted by molar-refractivity contribution is 5.77. The van der Waals surface area contributed by atoms with Crippen molar-refractivity contribution in [3.8, 4) is 0 Å². The van der Waals surface area contributed by atoms with Crippen LogP contribution >= 0.6 is 0 Å². The van der Waals surface area contributed by atoms with Crippen LogP contribution in [0.25, 0.3) is 0 Å². The molecule has 0 aliphatic rings. The number of aliphatic carboxylic acids is 1. The maximum Gasteiger partial charge on any atom is 0.323 e. The highest BCUT2D eigenvalue weighted by atomic mass is 16.5. The number of carboxylic acids is 1. The summed E-state index contributed by atoms with van der Waals surface area (Å²) in [6.45, 7) is 8.40. The maximum atomic E-state index is 10.7. The molecule has 0 aromatic rings. The summed E-state index contributed by atoms with van der Waals surface area (Å²) < 4.78 is 5.67. The first-order valence-electron chi connectivity index (χ1n) is 5.87. The quantitative estimate of drug-likeness (QED) is 0.628. The summed E-state index contributed by atoms with van der Waals surface area (Å²) >= 11 is 0. The standard InChI is InChI=1S/C12H25NO3/c1-5-11(2,3)16-9-7-6-8-12(4,13)10(14)15/h5-9,13H2,1-4H3,(H,14,15). The Hall–Kier alpha value is -0.610. The molecule has 0 spiro atoms. The Morgan fingerprint density at radius 3 is 2.31 bits per heavy atom. The molecule has 0 aliphatic heterocycles. The minimum atomic E-state index is -1.11. The summed E-state index contributed by atoms with van der Waals surface area (Å²) in [6, 6.07) is 0. The topological polar surface area (TPSA) is 72.5 Å². The molecule has 0 saturated carbocycles. The Morgan fingerprint density at radius 1 is 1.31 bits per heavy atom. The molecule has 1 unspecified atom stereocenters. The van der Waals surface area contributed by atoms with Crippen molar-refractivity contribution in [3.63, 3.8) is 0 Å². The van der Waals surface area contributed by atoms with Crippen molar-refractivity contribution in [3.05, 3.63) is 0 Å². The zero-order valence-corrected chi connectivity index (χ0v) is 10.9. The number of nitrogens with two attached hydrogens (primary N) is 1. The zero-order valence-electron chi connectivity index (χ0n) is 10.9. The summed E-state index contributed by atoms with van der Waals surface area (Å²) in [5.74, 6) is -0.942. The SMILES string of the molecule is CCC(C)(C)OCCCCC(C)(N)C(=O)O. The molecule has 0 rings (SSSR count). The molecule has 0 aliphatic carbocycles. The normalized spacial score (nSPS) is 15.8. The van der Waals surface area contributed by atoms with E-state index >= 15 is 0 Å². The van der Waals surface area contributed by atoms with Crippen LogP contribution in [0.2, 0.25) is 0 Å². The molecule has 1 atom stereocenters. The Bertz CT molecular complexity index is 224. The molecule has 0 bridgehead atoms. The van der Waals surface area contributed by atoms with E-state index in [-0.39, 0.29) is 5.60 Å². The van der Waals surface area contributed by atoms with E-state index in [0.717, 1.165) is 19.3 Å². The molecular weight excluding hydrogens is 206 g/mol. The molecule has 0 saturated heterocycles. The number of ether oxygens (including phenoxy) is 1. The number of hydrogen-bond acceptors (Lipinski definition) is 3. The smallest absolute Gasteiger partial charge is 0.323 e. The summed E-state index contributed by atoms with van der Waals surface area (Å²) in [5, 5.41) is 8.81. The molecule has 3 N–H and O–H groups in total. The van der Waals surface area contributed by atoms with E-state index in [1.807, 2.05) is 0 Å². The predicted octanol–water partition coefficient (Wildman–Crippen LogP) is 2.16. The fourth-order valence-electron chi connectivity index (χ4n) is 1.15. The number of unbranched alkanes of at least 4 members (excludes halogenated alkanes) is 1. The van der Waals surface area contributed by atoms with Gasteiger partial charge in [-0.3, -0.25) is 4.79 Å². The van der Waals surface area contributed by atoms with Crippen LogP contribution in [0.15, 0.2) is 0 Å². The summed E-state index contributed by atoms with van der Waals surface area (Å²) in [7, 11) is 0. The molecule has 0 fully saturated rings. The third-order valence-electron chi connectivity index (χ3n) is 2.92. The van der Waals surface area contributed by atoms with Gasteiger partial charge in [0.1, 0.15) is 5.54 Å². The molecule has 0 aromatic heterocycles. The Morgan fingerprint density at radius 2 is 1.88 bits per heavy atom. The zero-order chi connectivity index (χ0) is 12.8. The maximum absolute atomic E-state index is 10.7. The average Bonchev–Trinajstić information content (AvgIpc) is 2.16. The molecule has 0 aromatic carbocycles. The molecule has 96 valence electrons. The van der Waals surface area contributed by atoms with E-state index in [9.17, 15) is 4.79 Å². The van der Waals surface area contributed by atoms with Crippen LogP contribution in [0, 0.1) is 0 Å². The number of carboxylic acid groups (broad SMARTS) is 1. The van der Waals surface area contributed by atoms with Gasteiger partial charge in [0.05, 0.1) is 5.60 Å². The van der Waals surface area contributed by atoms with Crippen LogP contribution in [-0.2, 0) is 9.53 Å². The predicted molar refractivity (Wildman–Crippen MR) is 64.4 cm³/mol. The monoisotopic (exact) mass is 231 g/mol. The van der Waals surface area contributed by atoms with Crippen LogP contribution < -0.4 is 5.73 Å². The van der Waals surface area contributed by atoms with Crippen LogP contribution in [0.3, 0.4) is 0 Å². The second kappa shape index (κ2) is 6.21. The first-order valence-corrected chi connectivity index (χ1v) is 5.87. The van der Waals surface area contributed by atoms with E-state index in [1.54, 1.807) is 6.92 Å². The molecule has 4 nitrogen and oxygen atoms in total. The van der Waals surface area contributed by atoms with Crippen LogP contribution in [0.5, 0.6) is 0 Å². The van der Waals surface area contributed by atoms with Gasteiger partial charge in [0.25, 0.3) is 0 Å². The van der Waals surface area contributed by atoms with Crippen molar-refractivity contribution in [1.29, 1.82) is 0 Å². The molecule has 0 radical (unpaired) electrons. The number of rotatable bonds is 8. The first-order chi connectivity index (χ1) is 7.21. The van der Waals surface area contributed by atoms with Crippen LogP contribution in [0.1, 0.15) is 53.4 Å². The highest BCUT2D eigenvalue weighted by Gasteiger charge is 2.26. The lowest BCUT2D eigenvalue weighted by molar-refractivity contribution is -0.143. The average molecular weight is 231 g/mol. The van der Waals surface area contributed by atoms with E-state index in [0.29, 0.717) is 13.0 Å². The van der Waals surface area contributed by atoms with Gasteiger partial charge in [-0.1, -0.05) is 6.92 Å². The minimum absolute atomic E-state index is 0.0845. The Labute approximate surface area is 98.2 Å². The Balaban J connectivity index is 3.66. The number of hydrogen-bond donors (Lipinski definition) is 2. The van der Waals surface area contributed by atoms with Gasteiger partial charge in [0.2, 0.25) is 0 Å². The fourth-order valence-corrected chi connectivity index (χ4v) is 1.15. The van der Waals surface area contributed by atoms with Gasteiger partial charge in [0, 0.05) is 6.61 Å². The van der Waals surface area contributed by atoms with Crippen molar-refractivity contribution in [2.75, 3.05) is 6.61 Å².